The maximum Gasteiger partial charge on any atom is 0.191 e. The van der Waals surface area contributed by atoms with E-state index in [1.807, 2.05) is 30.3 Å². The molecule has 0 saturated carbocycles. The summed E-state index contributed by atoms with van der Waals surface area (Å²) >= 11 is 5.11. The van der Waals surface area contributed by atoms with E-state index in [4.69, 9.17) is 17.0 Å². The summed E-state index contributed by atoms with van der Waals surface area (Å²) in [5.41, 5.74) is 4.08. The molecule has 2 aromatic rings. The van der Waals surface area contributed by atoms with E-state index < -0.39 is 0 Å². The van der Waals surface area contributed by atoms with Crippen molar-refractivity contribution >= 4 is 29.2 Å². The Hall–Kier alpha value is -2.02. The number of ether oxygens (including phenoxy) is 1. The average Bonchev–Trinajstić information content (AvgIpc) is 2.50. The zero-order valence-corrected chi connectivity index (χ0v) is 16.4. The van der Waals surface area contributed by atoms with E-state index in [0.717, 1.165) is 5.69 Å². The van der Waals surface area contributed by atoms with Crippen LogP contribution in [0.25, 0.3) is 0 Å². The number of hydrogen-bond donors (Lipinski definition) is 3. The Balaban J connectivity index is 0.00000242. The third-order valence-corrected chi connectivity index (χ3v) is 2.84. The molecule has 0 unspecified atom stereocenters. The first-order valence-electron chi connectivity index (χ1n) is 6.22. The third-order valence-electron chi connectivity index (χ3n) is 2.65. The van der Waals surface area contributed by atoms with Gasteiger partial charge in [0.05, 0.1) is 13.3 Å². The van der Waals surface area contributed by atoms with Crippen LogP contribution in [0.1, 0.15) is 5.56 Å². The summed E-state index contributed by atoms with van der Waals surface area (Å²) in [5.74, 6) is 0.427. The van der Waals surface area contributed by atoms with Crippen molar-refractivity contribution in [2.45, 2.75) is 0 Å². The fourth-order valence-corrected chi connectivity index (χ4v) is 1.82. The van der Waals surface area contributed by atoms with Crippen molar-refractivity contribution in [2.75, 3.05) is 12.4 Å². The minimum atomic E-state index is 0. The number of thiocarbonyl (C=S) groups is 1. The van der Waals surface area contributed by atoms with E-state index in [-0.39, 0.29) is 30.7 Å². The molecule has 6 nitrogen and oxygen atoms in total. The van der Waals surface area contributed by atoms with E-state index in [2.05, 4.69) is 15.8 Å². The van der Waals surface area contributed by atoms with E-state index in [1.54, 1.807) is 18.2 Å². The van der Waals surface area contributed by atoms with Gasteiger partial charge in [-0.1, -0.05) is 24.3 Å². The number of benzene rings is 2. The summed E-state index contributed by atoms with van der Waals surface area (Å²) in [7, 11) is 1.49. The van der Waals surface area contributed by atoms with E-state index in [9.17, 15) is 5.11 Å². The zero-order chi connectivity index (χ0) is 15.1. The number of hydrogen-bond acceptors (Lipinski definition) is 4. The molecule has 0 atom stereocenters. The molecule has 0 radical (unpaired) electrons. The molecule has 2 aromatic carbocycles. The largest absolute Gasteiger partial charge is 0.504 e. The van der Waals surface area contributed by atoms with Crippen molar-refractivity contribution in [2.24, 2.45) is 5.10 Å². The molecule has 0 amide bonds. The van der Waals surface area contributed by atoms with Gasteiger partial charge in [-0.25, -0.2) is 0 Å². The van der Waals surface area contributed by atoms with Crippen LogP contribution in [0.4, 0.5) is 5.69 Å². The molecule has 0 bridgehead atoms. The molecule has 118 valence electrons. The van der Waals surface area contributed by atoms with Crippen LogP contribution in [-0.2, 0) is 19.5 Å². The number of phenolic OH excluding ortho intramolecular Hbond substituents is 1. The minimum Gasteiger partial charge on any atom is -0.504 e. The number of hydrazone groups is 1. The molecule has 0 aliphatic carbocycles. The van der Waals surface area contributed by atoms with Crippen LogP contribution in [0.15, 0.2) is 53.6 Å². The van der Waals surface area contributed by atoms with Crippen LogP contribution in [0.5, 0.6) is 11.5 Å². The van der Waals surface area contributed by atoms with Gasteiger partial charge < -0.3 is 20.6 Å². The molecule has 5 N–H and O–H groups in total. The van der Waals surface area contributed by atoms with Crippen molar-refractivity contribution in [1.29, 1.82) is 0 Å². The average molecular weight is 385 g/mol. The molecule has 23 heavy (non-hydrogen) atoms. The number of anilines is 1. The number of para-hydroxylation sites is 2. The SMILES string of the molecule is COc1cccc(/C=N/NC(=S)Nc2ccccc2)c1O.O.[Zn]. The van der Waals surface area contributed by atoms with Crippen molar-refractivity contribution in [1.82, 2.24) is 5.43 Å². The monoisotopic (exact) mass is 383 g/mol. The second-order valence-electron chi connectivity index (χ2n) is 4.09. The van der Waals surface area contributed by atoms with Crippen molar-refractivity contribution in [3.63, 3.8) is 0 Å². The van der Waals surface area contributed by atoms with Crippen LogP contribution >= 0.6 is 12.2 Å². The van der Waals surface area contributed by atoms with Crippen LogP contribution in [0.3, 0.4) is 0 Å². The molecule has 0 heterocycles. The predicted octanol–water partition coefficient (Wildman–Crippen LogP) is 1.89. The van der Waals surface area contributed by atoms with E-state index in [0.29, 0.717) is 16.4 Å². The quantitative estimate of drug-likeness (QED) is 0.324. The summed E-state index contributed by atoms with van der Waals surface area (Å²) < 4.78 is 5.02. The summed E-state index contributed by atoms with van der Waals surface area (Å²) in [6.07, 6.45) is 1.47. The van der Waals surface area contributed by atoms with Gasteiger partial charge in [-0.15, -0.1) is 0 Å². The van der Waals surface area contributed by atoms with Crippen LogP contribution in [0.2, 0.25) is 0 Å². The predicted molar refractivity (Wildman–Crippen MR) is 91.7 cm³/mol. The van der Waals surface area contributed by atoms with Gasteiger partial charge in [0.15, 0.2) is 16.6 Å². The number of rotatable bonds is 4. The number of phenols is 1. The summed E-state index contributed by atoms with van der Waals surface area (Å²) in [4.78, 5) is 0. The number of nitrogens with zero attached hydrogens (tertiary/aromatic N) is 1. The fourth-order valence-electron chi connectivity index (χ4n) is 1.65. The van der Waals surface area contributed by atoms with Crippen LogP contribution in [-0.4, -0.2) is 29.0 Å². The van der Waals surface area contributed by atoms with Crippen LogP contribution < -0.4 is 15.5 Å². The van der Waals surface area contributed by atoms with Gasteiger partial charge in [0, 0.05) is 30.7 Å². The van der Waals surface area contributed by atoms with Crippen molar-refractivity contribution < 1.29 is 34.8 Å². The van der Waals surface area contributed by atoms with Gasteiger partial charge >= 0.3 is 0 Å². The van der Waals surface area contributed by atoms with Crippen LogP contribution in [0, 0.1) is 0 Å². The van der Waals surface area contributed by atoms with E-state index in [1.165, 1.54) is 13.3 Å². The molecular formula is C15H17N3O3SZn. The fraction of sp³-hybridized carbons (Fsp3) is 0.0667. The Kier molecular flexibility index (Phi) is 9.73. The maximum atomic E-state index is 9.90. The number of aromatic hydroxyl groups is 1. The molecular weight excluding hydrogens is 368 g/mol. The van der Waals surface area contributed by atoms with Gasteiger partial charge in [-0.2, -0.15) is 5.10 Å². The molecule has 0 aromatic heterocycles. The Morgan fingerprint density at radius 3 is 2.52 bits per heavy atom. The molecule has 0 aliphatic rings. The summed E-state index contributed by atoms with van der Waals surface area (Å²) in [6.45, 7) is 0. The Labute approximate surface area is 152 Å². The molecule has 0 saturated heterocycles. The van der Waals surface area contributed by atoms with Crippen molar-refractivity contribution in [3.05, 3.63) is 54.1 Å². The normalized spacial score (nSPS) is 9.43. The van der Waals surface area contributed by atoms with Crippen molar-refractivity contribution in [3.8, 4) is 11.5 Å². The van der Waals surface area contributed by atoms with Gasteiger partial charge in [-0.05, 0) is 36.5 Å². The van der Waals surface area contributed by atoms with E-state index >= 15 is 0 Å². The first-order chi connectivity index (χ1) is 10.2. The number of methoxy groups -OCH3 is 1. The first kappa shape index (κ1) is 21.0. The second-order valence-corrected chi connectivity index (χ2v) is 4.50. The smallest absolute Gasteiger partial charge is 0.191 e. The molecule has 0 aliphatic heterocycles. The van der Waals surface area contributed by atoms with Gasteiger partial charge in [0.1, 0.15) is 0 Å². The Morgan fingerprint density at radius 2 is 1.87 bits per heavy atom. The topological polar surface area (TPSA) is 97.4 Å². The molecule has 0 fully saturated rings. The Bertz CT molecular complexity index is 654. The Morgan fingerprint density at radius 1 is 1.17 bits per heavy atom. The molecule has 0 spiro atoms. The summed E-state index contributed by atoms with van der Waals surface area (Å²) in [6, 6.07) is 14.7. The first-order valence-corrected chi connectivity index (χ1v) is 6.62. The minimum absolute atomic E-state index is 0. The molecule has 8 heteroatoms. The number of nitrogens with one attached hydrogen (secondary N) is 2. The third kappa shape index (κ3) is 6.32. The van der Waals surface area contributed by atoms with Gasteiger partial charge in [-0.3, -0.25) is 5.43 Å². The summed E-state index contributed by atoms with van der Waals surface area (Å²) in [5, 5.41) is 17.2. The maximum absolute atomic E-state index is 9.90. The standard InChI is InChI=1S/C15H15N3O2S.H2O.Zn/c1-20-13-9-5-6-11(14(13)19)10-16-18-15(21)17-12-7-3-2-4-8-12;;/h2-10,19H,1H3,(H2,17,18,21);1H2;/b16-10+;;. The van der Waals surface area contributed by atoms with Gasteiger partial charge in [0.2, 0.25) is 0 Å². The van der Waals surface area contributed by atoms with Gasteiger partial charge in [0.25, 0.3) is 0 Å². The second kappa shape index (κ2) is 10.7. The zero-order valence-electron chi connectivity index (χ0n) is 12.6. The molecule has 2 rings (SSSR count).